The highest BCUT2D eigenvalue weighted by molar-refractivity contribution is 5.82. The highest BCUT2D eigenvalue weighted by Gasteiger charge is 2.41. The van der Waals surface area contributed by atoms with Crippen LogP contribution in [-0.4, -0.2) is 45.2 Å². The van der Waals surface area contributed by atoms with Gasteiger partial charge in [0.15, 0.2) is 0 Å². The number of nitrogens with zero attached hydrogens (tertiary/aromatic N) is 2. The molecule has 0 unspecified atom stereocenters. The van der Waals surface area contributed by atoms with E-state index in [9.17, 15) is 9.18 Å². The molecule has 1 fully saturated rings. The topological polar surface area (TPSA) is 44.8 Å². The number of piperazine rings is 1. The Balaban J connectivity index is 1.37. The van der Waals surface area contributed by atoms with Gasteiger partial charge >= 0.3 is 0 Å². The summed E-state index contributed by atoms with van der Waals surface area (Å²) in [7, 11) is 1.68. The zero-order valence-electron chi connectivity index (χ0n) is 19.4. The Kier molecular flexibility index (Phi) is 6.39. The van der Waals surface area contributed by atoms with Gasteiger partial charge in [0.2, 0.25) is 5.91 Å². The molecule has 3 aromatic rings. The summed E-state index contributed by atoms with van der Waals surface area (Å²) >= 11 is 0. The van der Waals surface area contributed by atoms with E-state index in [4.69, 9.17) is 4.74 Å². The molecule has 2 aliphatic heterocycles. The van der Waals surface area contributed by atoms with Crippen LogP contribution in [0, 0.1) is 11.7 Å². The van der Waals surface area contributed by atoms with Gasteiger partial charge < -0.3 is 19.9 Å². The van der Waals surface area contributed by atoms with Crippen molar-refractivity contribution >= 4 is 17.3 Å². The summed E-state index contributed by atoms with van der Waals surface area (Å²) in [6.07, 6.45) is 1.50. The number of halogens is 1. The largest absolute Gasteiger partial charge is 0.497 e. The molecule has 3 aromatic carbocycles. The van der Waals surface area contributed by atoms with Crippen molar-refractivity contribution in [3.05, 3.63) is 89.7 Å². The lowest BCUT2D eigenvalue weighted by molar-refractivity contribution is -0.125. The Bertz CT molecular complexity index is 1140. The van der Waals surface area contributed by atoms with Gasteiger partial charge in [-0.15, -0.1) is 0 Å². The zero-order valence-corrected chi connectivity index (χ0v) is 19.4. The van der Waals surface area contributed by atoms with Crippen molar-refractivity contribution in [3.63, 3.8) is 0 Å². The molecule has 34 heavy (non-hydrogen) atoms. The summed E-state index contributed by atoms with van der Waals surface area (Å²) in [6, 6.07) is 23.0. The van der Waals surface area contributed by atoms with Crippen molar-refractivity contribution in [2.75, 3.05) is 43.1 Å². The maximum atomic E-state index is 13.5. The fourth-order valence-corrected chi connectivity index (χ4v) is 5.20. The molecule has 0 aromatic heterocycles. The van der Waals surface area contributed by atoms with Gasteiger partial charge in [0, 0.05) is 43.6 Å². The zero-order chi connectivity index (χ0) is 23.5. The molecular formula is C28H30FN3O2. The summed E-state index contributed by atoms with van der Waals surface area (Å²) in [5.41, 5.74) is 4.53. The molecule has 0 bridgehead atoms. The van der Waals surface area contributed by atoms with E-state index in [2.05, 4.69) is 39.4 Å². The SMILES string of the molecule is COc1ccc2c(c1)N1CCN(c3ccc(F)cc3)C[C@@H]1[C@H](C(=O)NCCc1ccccc1)C2. The summed E-state index contributed by atoms with van der Waals surface area (Å²) in [5.74, 6) is 0.509. The molecule has 2 aliphatic rings. The van der Waals surface area contributed by atoms with Gasteiger partial charge in [0.25, 0.3) is 0 Å². The summed E-state index contributed by atoms with van der Waals surface area (Å²) in [4.78, 5) is 18.1. The van der Waals surface area contributed by atoms with Crippen LogP contribution in [0.5, 0.6) is 5.75 Å². The number of amides is 1. The van der Waals surface area contributed by atoms with Crippen LogP contribution >= 0.6 is 0 Å². The van der Waals surface area contributed by atoms with Crippen LogP contribution in [0.3, 0.4) is 0 Å². The van der Waals surface area contributed by atoms with Gasteiger partial charge in [-0.1, -0.05) is 36.4 Å². The number of anilines is 2. The predicted octanol–water partition coefficient (Wildman–Crippen LogP) is 4.06. The van der Waals surface area contributed by atoms with Gasteiger partial charge in [0.05, 0.1) is 19.1 Å². The van der Waals surface area contributed by atoms with Crippen molar-refractivity contribution in [1.82, 2.24) is 5.32 Å². The van der Waals surface area contributed by atoms with E-state index >= 15 is 0 Å². The normalized spacial score (nSPS) is 19.2. The van der Waals surface area contributed by atoms with E-state index in [0.29, 0.717) is 19.5 Å². The average molecular weight is 460 g/mol. The first-order valence-electron chi connectivity index (χ1n) is 11.9. The molecule has 1 amide bonds. The second kappa shape index (κ2) is 9.75. The lowest BCUT2D eigenvalue weighted by Gasteiger charge is -2.49. The minimum atomic E-state index is -0.239. The Labute approximate surface area is 200 Å². The first kappa shape index (κ1) is 22.3. The van der Waals surface area contributed by atoms with Crippen LogP contribution in [-0.2, 0) is 17.6 Å². The number of carbonyl (C=O) groups is 1. The smallest absolute Gasteiger partial charge is 0.225 e. The van der Waals surface area contributed by atoms with Crippen molar-refractivity contribution < 1.29 is 13.9 Å². The molecule has 2 heterocycles. The van der Waals surface area contributed by atoms with E-state index in [1.807, 2.05) is 36.4 Å². The minimum Gasteiger partial charge on any atom is -0.497 e. The Morgan fingerprint density at radius 3 is 2.62 bits per heavy atom. The van der Waals surface area contributed by atoms with Gasteiger partial charge in [-0.3, -0.25) is 4.79 Å². The maximum Gasteiger partial charge on any atom is 0.225 e. The quantitative estimate of drug-likeness (QED) is 0.604. The highest BCUT2D eigenvalue weighted by Crippen LogP contribution is 2.39. The van der Waals surface area contributed by atoms with E-state index in [1.165, 1.54) is 23.3 Å². The monoisotopic (exact) mass is 459 g/mol. The molecule has 0 saturated carbocycles. The average Bonchev–Trinajstić information content (AvgIpc) is 2.88. The van der Waals surface area contributed by atoms with Crippen LogP contribution in [0.2, 0.25) is 0 Å². The van der Waals surface area contributed by atoms with Gasteiger partial charge in [-0.05, 0) is 54.3 Å². The standard InChI is InChI=1S/C28H30FN3O2/c1-34-24-12-7-21-17-25(28(33)30-14-13-20-5-3-2-4-6-20)27-19-31(15-16-32(27)26(21)18-24)23-10-8-22(29)9-11-23/h2-12,18,25,27H,13-17,19H2,1H3,(H,30,33)/t25-,27-/m1/s1. The summed E-state index contributed by atoms with van der Waals surface area (Å²) < 4.78 is 19.0. The first-order valence-corrected chi connectivity index (χ1v) is 11.9. The molecule has 1 saturated heterocycles. The van der Waals surface area contributed by atoms with Gasteiger partial charge in [0.1, 0.15) is 11.6 Å². The van der Waals surface area contributed by atoms with Crippen molar-refractivity contribution in [1.29, 1.82) is 0 Å². The number of nitrogens with one attached hydrogen (secondary N) is 1. The molecular weight excluding hydrogens is 429 g/mol. The van der Waals surface area contributed by atoms with E-state index in [0.717, 1.165) is 36.6 Å². The van der Waals surface area contributed by atoms with Crippen LogP contribution in [0.1, 0.15) is 11.1 Å². The number of rotatable bonds is 6. The Morgan fingerprint density at radius 2 is 1.85 bits per heavy atom. The van der Waals surface area contributed by atoms with E-state index in [-0.39, 0.29) is 23.7 Å². The molecule has 1 N–H and O–H groups in total. The first-order chi connectivity index (χ1) is 16.6. The third kappa shape index (κ3) is 4.58. The fraction of sp³-hybridized carbons (Fsp3) is 0.321. The van der Waals surface area contributed by atoms with Crippen molar-refractivity contribution in [2.24, 2.45) is 5.92 Å². The third-order valence-corrected chi connectivity index (χ3v) is 7.01. The number of fused-ring (bicyclic) bond motifs is 3. The lowest BCUT2D eigenvalue weighted by atomic mass is 9.83. The van der Waals surface area contributed by atoms with Crippen LogP contribution in [0.15, 0.2) is 72.8 Å². The highest BCUT2D eigenvalue weighted by atomic mass is 19.1. The lowest BCUT2D eigenvalue weighted by Crippen LogP contribution is -2.61. The van der Waals surface area contributed by atoms with Crippen molar-refractivity contribution in [2.45, 2.75) is 18.9 Å². The number of methoxy groups -OCH3 is 1. The number of hydrogen-bond donors (Lipinski definition) is 1. The second-order valence-corrected chi connectivity index (χ2v) is 9.02. The molecule has 0 spiro atoms. The maximum absolute atomic E-state index is 13.5. The molecule has 2 atom stereocenters. The molecule has 6 heteroatoms. The predicted molar refractivity (Wildman–Crippen MR) is 133 cm³/mol. The van der Waals surface area contributed by atoms with Crippen LogP contribution in [0.25, 0.3) is 0 Å². The number of carbonyl (C=O) groups excluding carboxylic acids is 1. The number of hydrogen-bond acceptors (Lipinski definition) is 4. The molecule has 5 nitrogen and oxygen atoms in total. The fourth-order valence-electron chi connectivity index (χ4n) is 5.20. The van der Waals surface area contributed by atoms with Crippen LogP contribution in [0.4, 0.5) is 15.8 Å². The number of ether oxygens (including phenoxy) is 1. The molecule has 0 aliphatic carbocycles. The summed E-state index contributed by atoms with van der Waals surface area (Å²) in [6.45, 7) is 2.92. The second-order valence-electron chi connectivity index (χ2n) is 9.02. The van der Waals surface area contributed by atoms with Gasteiger partial charge in [-0.25, -0.2) is 4.39 Å². The minimum absolute atomic E-state index is 0.0233. The molecule has 176 valence electrons. The Morgan fingerprint density at radius 1 is 1.06 bits per heavy atom. The van der Waals surface area contributed by atoms with E-state index in [1.54, 1.807) is 7.11 Å². The summed E-state index contributed by atoms with van der Waals surface area (Å²) in [5, 5.41) is 3.19. The number of benzene rings is 3. The van der Waals surface area contributed by atoms with E-state index < -0.39 is 0 Å². The molecule has 0 radical (unpaired) electrons. The van der Waals surface area contributed by atoms with Crippen LogP contribution < -0.4 is 19.9 Å². The molecule has 5 rings (SSSR count). The Hall–Kier alpha value is -3.54. The van der Waals surface area contributed by atoms with Crippen molar-refractivity contribution in [3.8, 4) is 5.75 Å². The third-order valence-electron chi connectivity index (χ3n) is 7.01. The van der Waals surface area contributed by atoms with Gasteiger partial charge in [-0.2, -0.15) is 0 Å².